The number of anilines is 1. The fourth-order valence-corrected chi connectivity index (χ4v) is 6.14. The molecule has 1 aromatic heterocycles. The molecule has 6 rings (SSSR count). The molecule has 1 unspecified atom stereocenters. The van der Waals surface area contributed by atoms with Crippen LogP contribution in [0.25, 0.3) is 27.4 Å². The van der Waals surface area contributed by atoms with Gasteiger partial charge in [0.15, 0.2) is 17.3 Å². The smallest absolute Gasteiger partial charge is 0.407 e. The number of carbonyl (C=O) groups excluding carboxylic acids is 2. The number of unbranched alkanes of at least 4 members (excludes halogenated alkanes) is 1. The van der Waals surface area contributed by atoms with E-state index in [-0.39, 0.29) is 35.0 Å². The molecule has 1 fully saturated rings. The van der Waals surface area contributed by atoms with Crippen molar-refractivity contribution in [2.24, 2.45) is 0 Å². The summed E-state index contributed by atoms with van der Waals surface area (Å²) in [4.78, 5) is 43.8. The van der Waals surface area contributed by atoms with E-state index in [0.717, 1.165) is 30.2 Å². The predicted octanol–water partition coefficient (Wildman–Crippen LogP) is 5.88. The lowest BCUT2D eigenvalue weighted by Crippen LogP contribution is -2.41. The first-order valence-electron chi connectivity index (χ1n) is 15.7. The summed E-state index contributed by atoms with van der Waals surface area (Å²) in [6, 6.07) is 12.4. The number of hydrogen-bond acceptors (Lipinski definition) is 7. The molecule has 3 heterocycles. The Kier molecular flexibility index (Phi) is 8.37. The fourth-order valence-electron chi connectivity index (χ4n) is 6.14. The van der Waals surface area contributed by atoms with Gasteiger partial charge in [0, 0.05) is 31.2 Å². The van der Waals surface area contributed by atoms with Gasteiger partial charge in [-0.1, -0.05) is 30.3 Å². The molecular formula is C35H40FN5O5. The number of ether oxygens (including phenoxy) is 2. The quantitative estimate of drug-likeness (QED) is 0.207. The van der Waals surface area contributed by atoms with Crippen LogP contribution in [0.4, 0.5) is 14.9 Å². The van der Waals surface area contributed by atoms with Gasteiger partial charge in [-0.15, -0.1) is 0 Å². The molecule has 0 aliphatic carbocycles. The predicted molar refractivity (Wildman–Crippen MR) is 177 cm³/mol. The van der Waals surface area contributed by atoms with Crippen molar-refractivity contribution in [1.29, 1.82) is 0 Å². The normalized spacial score (nSPS) is 15.6. The SMILES string of the molecule is CN(C)CCCCNc1c(F)cc2c(=O)c(C(=O)N3CCC(NC(=O)OC(C)(C)C)C3)cn3c2c1Oc1c-3ccc2ccccc12. The molecule has 2 aliphatic heterocycles. The molecule has 1 saturated heterocycles. The molecule has 2 aliphatic rings. The Bertz CT molecular complexity index is 1900. The summed E-state index contributed by atoms with van der Waals surface area (Å²) >= 11 is 0. The highest BCUT2D eigenvalue weighted by atomic mass is 19.1. The number of carbonyl (C=O) groups is 2. The van der Waals surface area contributed by atoms with Crippen LogP contribution in [0.3, 0.4) is 0 Å². The van der Waals surface area contributed by atoms with Crippen LogP contribution < -0.4 is 20.8 Å². The number of aromatic nitrogens is 1. The number of rotatable bonds is 8. The van der Waals surface area contributed by atoms with Crippen molar-refractivity contribution in [2.75, 3.05) is 45.6 Å². The summed E-state index contributed by atoms with van der Waals surface area (Å²) in [5, 5.41) is 7.85. The molecule has 4 aromatic rings. The Hall–Kier alpha value is -4.64. The van der Waals surface area contributed by atoms with E-state index in [9.17, 15) is 14.4 Å². The molecular weight excluding hydrogens is 589 g/mol. The number of fused-ring (bicyclic) bond motifs is 4. The second-order valence-corrected chi connectivity index (χ2v) is 13.3. The third-order valence-corrected chi connectivity index (χ3v) is 8.28. The fraction of sp³-hybridized carbons (Fsp3) is 0.400. The van der Waals surface area contributed by atoms with E-state index < -0.39 is 28.8 Å². The Morgan fingerprint density at radius 1 is 1.09 bits per heavy atom. The lowest BCUT2D eigenvalue weighted by atomic mass is 10.0. The first-order valence-corrected chi connectivity index (χ1v) is 15.7. The van der Waals surface area contributed by atoms with Crippen LogP contribution in [0.1, 0.15) is 50.4 Å². The molecule has 0 saturated carbocycles. The van der Waals surface area contributed by atoms with Crippen LogP contribution >= 0.6 is 0 Å². The van der Waals surface area contributed by atoms with Crippen LogP contribution in [0.15, 0.2) is 53.5 Å². The number of likely N-dealkylation sites (tertiary alicyclic amines) is 1. The number of hydrogen-bond donors (Lipinski definition) is 2. The van der Waals surface area contributed by atoms with Crippen molar-refractivity contribution in [2.45, 2.75) is 51.7 Å². The van der Waals surface area contributed by atoms with Crippen molar-refractivity contribution in [3.63, 3.8) is 0 Å². The lowest BCUT2D eigenvalue weighted by molar-refractivity contribution is 0.0502. The second kappa shape index (κ2) is 12.3. The summed E-state index contributed by atoms with van der Waals surface area (Å²) in [7, 11) is 4.02. The van der Waals surface area contributed by atoms with Crippen molar-refractivity contribution < 1.29 is 23.5 Å². The minimum Gasteiger partial charge on any atom is -0.450 e. The van der Waals surface area contributed by atoms with E-state index in [1.165, 1.54) is 6.07 Å². The third-order valence-electron chi connectivity index (χ3n) is 8.28. The number of nitrogens with one attached hydrogen (secondary N) is 2. The number of nitrogens with zero attached hydrogens (tertiary/aromatic N) is 3. The summed E-state index contributed by atoms with van der Waals surface area (Å²) < 4.78 is 29.5. The monoisotopic (exact) mass is 629 g/mol. The maximum absolute atomic E-state index is 15.9. The summed E-state index contributed by atoms with van der Waals surface area (Å²) in [5.41, 5.74) is -0.0994. The first-order chi connectivity index (χ1) is 21.9. The van der Waals surface area contributed by atoms with E-state index >= 15 is 4.39 Å². The van der Waals surface area contributed by atoms with Crippen molar-refractivity contribution in [1.82, 2.24) is 19.7 Å². The Labute approximate surface area is 267 Å². The van der Waals surface area contributed by atoms with Gasteiger partial charge in [0.25, 0.3) is 5.91 Å². The Morgan fingerprint density at radius 2 is 1.87 bits per heavy atom. The average molecular weight is 630 g/mol. The number of halogens is 1. The lowest BCUT2D eigenvalue weighted by Gasteiger charge is -2.27. The van der Waals surface area contributed by atoms with Crippen molar-refractivity contribution >= 4 is 39.4 Å². The van der Waals surface area contributed by atoms with Gasteiger partial charge >= 0.3 is 6.09 Å². The molecule has 0 bridgehead atoms. The standard InChI is InChI=1S/C35H40FN5O5/c1-35(2,3)46-34(44)38-22-14-17-40(19-22)33(43)25-20-41-27-13-12-21-10-6-7-11-23(21)31(27)45-32-28(37-15-8-9-16-39(4)5)26(36)18-24(29(32)41)30(25)42/h6-7,10-13,18,20,22,37H,8-9,14-17,19H2,1-5H3,(H,38,44). The Morgan fingerprint density at radius 3 is 2.63 bits per heavy atom. The van der Waals surface area contributed by atoms with Gasteiger partial charge in [-0.2, -0.15) is 0 Å². The van der Waals surface area contributed by atoms with Gasteiger partial charge in [-0.25, -0.2) is 9.18 Å². The summed E-state index contributed by atoms with van der Waals surface area (Å²) in [6.07, 6.45) is 3.24. The van der Waals surface area contributed by atoms with Crippen LogP contribution in [-0.4, -0.2) is 78.3 Å². The second-order valence-electron chi connectivity index (χ2n) is 13.3. The number of benzene rings is 3. The highest BCUT2D eigenvalue weighted by molar-refractivity contribution is 6.03. The zero-order valence-corrected chi connectivity index (χ0v) is 26.9. The van der Waals surface area contributed by atoms with Gasteiger partial charge in [0.05, 0.1) is 17.1 Å². The van der Waals surface area contributed by atoms with Gasteiger partial charge in [-0.05, 0) is 78.2 Å². The highest BCUT2D eigenvalue weighted by Gasteiger charge is 2.33. The van der Waals surface area contributed by atoms with Crippen LogP contribution in [-0.2, 0) is 4.74 Å². The van der Waals surface area contributed by atoms with Crippen LogP contribution in [0, 0.1) is 5.82 Å². The van der Waals surface area contributed by atoms with Crippen molar-refractivity contribution in [3.05, 3.63) is 70.3 Å². The Balaban J connectivity index is 1.40. The molecule has 2 N–H and O–H groups in total. The molecule has 2 amide bonds. The zero-order valence-electron chi connectivity index (χ0n) is 26.9. The van der Waals surface area contributed by atoms with E-state index in [4.69, 9.17) is 9.47 Å². The molecule has 0 radical (unpaired) electrons. The summed E-state index contributed by atoms with van der Waals surface area (Å²) in [5.74, 6) is -0.388. The zero-order chi connectivity index (χ0) is 32.7. The van der Waals surface area contributed by atoms with Gasteiger partial charge in [0.2, 0.25) is 5.43 Å². The topological polar surface area (TPSA) is 105 Å². The van der Waals surface area contributed by atoms with Crippen LogP contribution in [0.2, 0.25) is 0 Å². The first kappa shape index (κ1) is 31.3. The van der Waals surface area contributed by atoms with Gasteiger partial charge < -0.3 is 34.5 Å². The van der Waals surface area contributed by atoms with Crippen molar-refractivity contribution in [3.8, 4) is 17.2 Å². The molecule has 242 valence electrons. The van der Waals surface area contributed by atoms with E-state index in [1.54, 1.807) is 36.4 Å². The van der Waals surface area contributed by atoms with Gasteiger partial charge in [0.1, 0.15) is 22.4 Å². The minimum atomic E-state index is -0.653. The number of pyridine rings is 1. The largest absolute Gasteiger partial charge is 0.450 e. The van der Waals surface area contributed by atoms with E-state index in [2.05, 4.69) is 15.5 Å². The number of amides is 2. The average Bonchev–Trinajstić information content (AvgIpc) is 3.46. The molecule has 0 spiro atoms. The molecule has 11 heteroatoms. The third kappa shape index (κ3) is 6.11. The maximum Gasteiger partial charge on any atom is 0.407 e. The molecule has 46 heavy (non-hydrogen) atoms. The molecule has 10 nitrogen and oxygen atoms in total. The van der Waals surface area contributed by atoms with E-state index in [1.807, 2.05) is 50.5 Å². The van der Waals surface area contributed by atoms with Crippen LogP contribution in [0.5, 0.6) is 11.5 Å². The molecule has 1 atom stereocenters. The number of alkyl carbamates (subject to hydrolysis) is 1. The van der Waals surface area contributed by atoms with Gasteiger partial charge in [-0.3, -0.25) is 9.59 Å². The van der Waals surface area contributed by atoms with E-state index in [0.29, 0.717) is 36.5 Å². The maximum atomic E-state index is 15.9. The minimum absolute atomic E-state index is 0.0537. The molecule has 3 aromatic carbocycles. The highest BCUT2D eigenvalue weighted by Crippen LogP contribution is 2.47. The summed E-state index contributed by atoms with van der Waals surface area (Å²) in [6.45, 7) is 7.33.